The van der Waals surface area contributed by atoms with Gasteiger partial charge in [-0.3, -0.25) is 13.9 Å². The summed E-state index contributed by atoms with van der Waals surface area (Å²) in [5, 5.41) is 3.06. The summed E-state index contributed by atoms with van der Waals surface area (Å²) in [6.07, 6.45) is 1.41. The number of carbonyl (C=O) groups is 2. The van der Waals surface area contributed by atoms with Gasteiger partial charge in [0.25, 0.3) is 0 Å². The lowest BCUT2D eigenvalue weighted by atomic mass is 10.1. The van der Waals surface area contributed by atoms with Crippen LogP contribution >= 0.6 is 11.6 Å². The number of nitrogens with one attached hydrogen (secondary N) is 1. The van der Waals surface area contributed by atoms with Crippen LogP contribution in [0.1, 0.15) is 25.3 Å². The van der Waals surface area contributed by atoms with Crippen LogP contribution in [-0.2, 0) is 26.2 Å². The Bertz CT molecular complexity index is 1170. The number of ether oxygens (including phenoxy) is 2. The molecule has 0 saturated carbocycles. The first-order valence-corrected chi connectivity index (χ1v) is 13.5. The summed E-state index contributed by atoms with van der Waals surface area (Å²) in [5.41, 5.74) is 1.14. The van der Waals surface area contributed by atoms with Crippen molar-refractivity contribution in [1.82, 2.24) is 10.2 Å². The van der Waals surface area contributed by atoms with Crippen LogP contribution in [0.3, 0.4) is 0 Å². The summed E-state index contributed by atoms with van der Waals surface area (Å²) in [5.74, 6) is 0.446. The maximum absolute atomic E-state index is 13.2. The second-order valence-corrected chi connectivity index (χ2v) is 10.5. The normalized spacial score (nSPS) is 13.6. The van der Waals surface area contributed by atoms with E-state index in [-0.39, 0.29) is 37.7 Å². The third-order valence-electron chi connectivity index (χ3n) is 5.68. The first kappa shape index (κ1) is 26.6. The summed E-state index contributed by atoms with van der Waals surface area (Å²) in [4.78, 5) is 26.9. The second kappa shape index (κ2) is 11.6. The molecule has 0 aliphatic carbocycles. The molecule has 2 amide bonds. The number of hydrogen-bond acceptors (Lipinski definition) is 6. The van der Waals surface area contributed by atoms with E-state index < -0.39 is 16.1 Å². The molecule has 1 N–H and O–H groups in total. The number of anilines is 1. The van der Waals surface area contributed by atoms with E-state index in [1.807, 2.05) is 6.07 Å². The molecule has 1 aliphatic rings. The van der Waals surface area contributed by atoms with Crippen molar-refractivity contribution in [3.8, 4) is 11.5 Å². The van der Waals surface area contributed by atoms with Gasteiger partial charge in [-0.25, -0.2) is 8.42 Å². The van der Waals surface area contributed by atoms with Crippen molar-refractivity contribution in [3.05, 3.63) is 53.1 Å². The Balaban J connectivity index is 1.73. The molecule has 0 bridgehead atoms. The highest BCUT2D eigenvalue weighted by atomic mass is 35.5. The number of rotatable bonds is 10. The Morgan fingerprint density at radius 3 is 2.46 bits per heavy atom. The average Bonchev–Trinajstić information content (AvgIpc) is 2.84. The molecule has 0 radical (unpaired) electrons. The number of fused-ring (bicyclic) bond motifs is 1. The van der Waals surface area contributed by atoms with Crippen LogP contribution in [0, 0.1) is 0 Å². The first-order chi connectivity index (χ1) is 16.6. The molecule has 1 atom stereocenters. The van der Waals surface area contributed by atoms with Gasteiger partial charge in [-0.15, -0.1) is 0 Å². The Labute approximate surface area is 211 Å². The van der Waals surface area contributed by atoms with Crippen molar-refractivity contribution in [1.29, 1.82) is 0 Å². The smallest absolute Gasteiger partial charge is 0.242 e. The highest BCUT2D eigenvalue weighted by Crippen LogP contribution is 2.34. The number of carbonyl (C=O) groups excluding carboxylic acids is 2. The van der Waals surface area contributed by atoms with E-state index in [1.54, 1.807) is 43.3 Å². The number of nitrogens with zero attached hydrogens (tertiary/aromatic N) is 2. The SMILES string of the molecule is CNC(=O)C(C)N(Cc1ccccc1Cl)C(=O)CCCN(c1ccc2c(c1)OCCO2)S(C)(=O)=O. The lowest BCUT2D eigenvalue weighted by molar-refractivity contribution is -0.140. The highest BCUT2D eigenvalue weighted by Gasteiger charge is 2.27. The van der Waals surface area contributed by atoms with Crippen molar-refractivity contribution in [3.63, 3.8) is 0 Å². The summed E-state index contributed by atoms with van der Waals surface area (Å²) in [6, 6.07) is 11.3. The molecule has 0 spiro atoms. The Kier molecular flexibility index (Phi) is 8.85. The van der Waals surface area contributed by atoms with E-state index in [1.165, 1.54) is 16.3 Å². The fourth-order valence-corrected chi connectivity index (χ4v) is 4.95. The number of likely N-dealkylation sites (N-methyl/N-ethyl adjacent to an activating group) is 1. The highest BCUT2D eigenvalue weighted by molar-refractivity contribution is 7.92. The standard InChI is InChI=1S/C24H30ClN3O6S/c1-17(24(30)26-2)27(16-18-7-4-5-8-20(18)25)23(29)9-6-12-28(35(3,31)32)19-10-11-21-22(15-19)34-14-13-33-21/h4-5,7-8,10-11,15,17H,6,9,12-14,16H2,1-3H3,(H,26,30). The average molecular weight is 524 g/mol. The van der Waals surface area contributed by atoms with Gasteiger partial charge < -0.3 is 19.7 Å². The van der Waals surface area contributed by atoms with Crippen molar-refractivity contribution >= 4 is 39.1 Å². The monoisotopic (exact) mass is 523 g/mol. The van der Waals surface area contributed by atoms with E-state index in [4.69, 9.17) is 21.1 Å². The third kappa shape index (κ3) is 6.79. The Morgan fingerprint density at radius 2 is 1.80 bits per heavy atom. The molecule has 0 saturated heterocycles. The van der Waals surface area contributed by atoms with Gasteiger partial charge >= 0.3 is 0 Å². The van der Waals surface area contributed by atoms with Gasteiger partial charge in [-0.2, -0.15) is 0 Å². The Morgan fingerprint density at radius 1 is 1.11 bits per heavy atom. The number of hydrogen-bond donors (Lipinski definition) is 1. The van der Waals surface area contributed by atoms with Crippen LogP contribution in [0.2, 0.25) is 5.02 Å². The Hall–Kier alpha value is -2.98. The lowest BCUT2D eigenvalue weighted by Crippen LogP contribution is -2.46. The summed E-state index contributed by atoms with van der Waals surface area (Å²) < 4.78 is 37.3. The topological polar surface area (TPSA) is 105 Å². The minimum absolute atomic E-state index is 0.0440. The molecule has 11 heteroatoms. The molecule has 2 aromatic carbocycles. The van der Waals surface area contributed by atoms with Gasteiger partial charge in [0.2, 0.25) is 21.8 Å². The van der Waals surface area contributed by atoms with Crippen molar-refractivity contribution < 1.29 is 27.5 Å². The van der Waals surface area contributed by atoms with Crippen LogP contribution in [0.25, 0.3) is 0 Å². The molecule has 1 aliphatic heterocycles. The van der Waals surface area contributed by atoms with Crippen LogP contribution in [0.4, 0.5) is 5.69 Å². The lowest BCUT2D eigenvalue weighted by Gasteiger charge is -2.29. The first-order valence-electron chi connectivity index (χ1n) is 11.2. The minimum Gasteiger partial charge on any atom is -0.486 e. The van der Waals surface area contributed by atoms with E-state index in [0.717, 1.165) is 6.26 Å². The van der Waals surface area contributed by atoms with Crippen LogP contribution < -0.4 is 19.1 Å². The maximum atomic E-state index is 13.2. The zero-order valence-electron chi connectivity index (χ0n) is 20.0. The molecule has 0 fully saturated rings. The predicted molar refractivity (Wildman–Crippen MR) is 134 cm³/mol. The van der Waals surface area contributed by atoms with Crippen molar-refractivity contribution in [2.45, 2.75) is 32.4 Å². The molecule has 1 unspecified atom stereocenters. The number of benzene rings is 2. The van der Waals surface area contributed by atoms with Crippen LogP contribution in [0.5, 0.6) is 11.5 Å². The van der Waals surface area contributed by atoms with E-state index in [2.05, 4.69) is 5.32 Å². The van der Waals surface area contributed by atoms with Crippen molar-refractivity contribution in [2.24, 2.45) is 0 Å². The largest absolute Gasteiger partial charge is 0.486 e. The van der Waals surface area contributed by atoms with Gasteiger partial charge in [0, 0.05) is 37.6 Å². The molecule has 35 heavy (non-hydrogen) atoms. The predicted octanol–water partition coefficient (Wildman–Crippen LogP) is 2.82. The molecular weight excluding hydrogens is 494 g/mol. The van der Waals surface area contributed by atoms with Crippen LogP contribution in [-0.4, -0.2) is 64.2 Å². The quantitative estimate of drug-likeness (QED) is 0.513. The van der Waals surface area contributed by atoms with E-state index in [9.17, 15) is 18.0 Å². The van der Waals surface area contributed by atoms with Gasteiger partial charge in [0.15, 0.2) is 11.5 Å². The number of amides is 2. The van der Waals surface area contributed by atoms with Gasteiger partial charge in [-0.1, -0.05) is 29.8 Å². The van der Waals surface area contributed by atoms with Crippen molar-refractivity contribution in [2.75, 3.05) is 37.4 Å². The second-order valence-electron chi connectivity index (χ2n) is 8.17. The number of halogens is 1. The fraction of sp³-hybridized carbons (Fsp3) is 0.417. The third-order valence-corrected chi connectivity index (χ3v) is 7.24. The van der Waals surface area contributed by atoms with Crippen LogP contribution in [0.15, 0.2) is 42.5 Å². The van der Waals surface area contributed by atoms with Gasteiger partial charge in [-0.05, 0) is 37.1 Å². The zero-order chi connectivity index (χ0) is 25.6. The maximum Gasteiger partial charge on any atom is 0.242 e. The molecular formula is C24H30ClN3O6S. The van der Waals surface area contributed by atoms with Gasteiger partial charge in [0.1, 0.15) is 19.3 Å². The molecule has 2 aromatic rings. The number of sulfonamides is 1. The van der Waals surface area contributed by atoms with E-state index >= 15 is 0 Å². The summed E-state index contributed by atoms with van der Waals surface area (Å²) in [7, 11) is -2.11. The summed E-state index contributed by atoms with van der Waals surface area (Å²) >= 11 is 6.27. The summed E-state index contributed by atoms with van der Waals surface area (Å²) in [6.45, 7) is 2.70. The van der Waals surface area contributed by atoms with Gasteiger partial charge in [0.05, 0.1) is 11.9 Å². The molecule has 190 valence electrons. The minimum atomic E-state index is -3.62. The zero-order valence-corrected chi connectivity index (χ0v) is 21.6. The molecule has 0 aromatic heterocycles. The fourth-order valence-electron chi connectivity index (χ4n) is 3.79. The molecule has 1 heterocycles. The molecule has 3 rings (SSSR count). The molecule has 9 nitrogen and oxygen atoms in total. The van der Waals surface area contributed by atoms with E-state index in [0.29, 0.717) is 41.0 Å².